The molecule has 1 aliphatic heterocycles. The first-order valence-corrected chi connectivity index (χ1v) is 6.13. The van der Waals surface area contributed by atoms with E-state index in [0.717, 1.165) is 38.2 Å². The summed E-state index contributed by atoms with van der Waals surface area (Å²) in [4.78, 5) is 13.5. The number of aromatic nitrogens is 2. The minimum Gasteiger partial charge on any atom is -0.341 e. The van der Waals surface area contributed by atoms with Crippen molar-refractivity contribution in [3.63, 3.8) is 0 Å². The summed E-state index contributed by atoms with van der Waals surface area (Å²) in [5.41, 5.74) is 7.89. The zero-order valence-corrected chi connectivity index (χ0v) is 10.5. The molecule has 0 saturated carbocycles. The molecule has 5 heteroatoms. The first-order valence-electron chi connectivity index (χ1n) is 6.13. The molecule has 1 atom stereocenters. The van der Waals surface area contributed by atoms with E-state index in [1.165, 1.54) is 5.69 Å². The van der Waals surface area contributed by atoms with E-state index in [-0.39, 0.29) is 11.9 Å². The SMILES string of the molecule is Cc1cc(C)n(CCCN2CCC(N)C2=O)n1. The van der Waals surface area contributed by atoms with Crippen molar-refractivity contribution in [1.82, 2.24) is 14.7 Å². The van der Waals surface area contributed by atoms with Crippen LogP contribution in [0.25, 0.3) is 0 Å². The van der Waals surface area contributed by atoms with Crippen molar-refractivity contribution in [2.75, 3.05) is 13.1 Å². The van der Waals surface area contributed by atoms with Gasteiger partial charge < -0.3 is 10.6 Å². The van der Waals surface area contributed by atoms with Crippen molar-refractivity contribution >= 4 is 5.91 Å². The van der Waals surface area contributed by atoms with Gasteiger partial charge in [-0.3, -0.25) is 9.48 Å². The Balaban J connectivity index is 1.80. The highest BCUT2D eigenvalue weighted by Gasteiger charge is 2.27. The van der Waals surface area contributed by atoms with Gasteiger partial charge in [0.25, 0.3) is 0 Å². The monoisotopic (exact) mass is 236 g/mol. The van der Waals surface area contributed by atoms with Gasteiger partial charge in [-0.2, -0.15) is 5.10 Å². The number of carbonyl (C=O) groups excluding carboxylic acids is 1. The smallest absolute Gasteiger partial charge is 0.239 e. The number of likely N-dealkylation sites (tertiary alicyclic amines) is 1. The summed E-state index contributed by atoms with van der Waals surface area (Å²) in [7, 11) is 0. The molecule has 1 aliphatic rings. The third-order valence-corrected chi connectivity index (χ3v) is 3.24. The first kappa shape index (κ1) is 12.1. The van der Waals surface area contributed by atoms with Crippen LogP contribution >= 0.6 is 0 Å². The van der Waals surface area contributed by atoms with Crippen LogP contribution in [0.2, 0.25) is 0 Å². The maximum absolute atomic E-state index is 11.6. The lowest BCUT2D eigenvalue weighted by atomic mass is 10.3. The number of carbonyl (C=O) groups is 1. The second-order valence-corrected chi connectivity index (χ2v) is 4.72. The van der Waals surface area contributed by atoms with Crippen molar-refractivity contribution in [1.29, 1.82) is 0 Å². The van der Waals surface area contributed by atoms with Crippen molar-refractivity contribution in [3.8, 4) is 0 Å². The van der Waals surface area contributed by atoms with Crippen LogP contribution in [-0.2, 0) is 11.3 Å². The predicted octanol–water partition coefficient (Wildman–Crippen LogP) is 0.450. The van der Waals surface area contributed by atoms with E-state index in [0.29, 0.717) is 0 Å². The van der Waals surface area contributed by atoms with Crippen molar-refractivity contribution in [3.05, 3.63) is 17.5 Å². The van der Waals surface area contributed by atoms with Gasteiger partial charge in [0.2, 0.25) is 5.91 Å². The lowest BCUT2D eigenvalue weighted by Crippen LogP contribution is -2.34. The molecule has 1 saturated heterocycles. The minimum atomic E-state index is -0.274. The number of aryl methyl sites for hydroxylation is 3. The Morgan fingerprint density at radius 2 is 2.24 bits per heavy atom. The number of nitrogens with zero attached hydrogens (tertiary/aromatic N) is 3. The van der Waals surface area contributed by atoms with Gasteiger partial charge in [-0.05, 0) is 32.8 Å². The molecule has 2 heterocycles. The third-order valence-electron chi connectivity index (χ3n) is 3.24. The Morgan fingerprint density at radius 1 is 1.47 bits per heavy atom. The molecular formula is C12H20N4O. The molecule has 1 unspecified atom stereocenters. The molecule has 1 aromatic rings. The zero-order chi connectivity index (χ0) is 12.4. The van der Waals surface area contributed by atoms with Crippen LogP contribution in [0.5, 0.6) is 0 Å². The predicted molar refractivity (Wildman–Crippen MR) is 65.5 cm³/mol. The quantitative estimate of drug-likeness (QED) is 0.825. The Hall–Kier alpha value is -1.36. The molecule has 1 amide bonds. The van der Waals surface area contributed by atoms with Gasteiger partial charge in [-0.15, -0.1) is 0 Å². The molecule has 0 bridgehead atoms. The van der Waals surface area contributed by atoms with E-state index in [1.807, 2.05) is 16.5 Å². The van der Waals surface area contributed by atoms with Gasteiger partial charge in [-0.1, -0.05) is 0 Å². The largest absolute Gasteiger partial charge is 0.341 e. The van der Waals surface area contributed by atoms with Crippen LogP contribution in [0.4, 0.5) is 0 Å². The minimum absolute atomic E-state index is 0.0957. The van der Waals surface area contributed by atoms with Crippen molar-refractivity contribution in [2.24, 2.45) is 5.73 Å². The molecule has 0 radical (unpaired) electrons. The molecule has 0 aliphatic carbocycles. The normalized spacial score (nSPS) is 20.3. The number of hydrogen-bond acceptors (Lipinski definition) is 3. The van der Waals surface area contributed by atoms with Crippen LogP contribution in [0.15, 0.2) is 6.07 Å². The molecule has 0 spiro atoms. The molecule has 1 fully saturated rings. The van der Waals surface area contributed by atoms with Gasteiger partial charge >= 0.3 is 0 Å². The molecule has 17 heavy (non-hydrogen) atoms. The summed E-state index contributed by atoms with van der Waals surface area (Å²) in [5, 5.41) is 4.40. The molecule has 0 aromatic carbocycles. The van der Waals surface area contributed by atoms with Crippen LogP contribution in [0.3, 0.4) is 0 Å². The molecule has 2 rings (SSSR count). The first-order chi connectivity index (χ1) is 8.08. The number of nitrogens with two attached hydrogens (primary N) is 1. The number of amides is 1. The molecule has 1 aromatic heterocycles. The molecular weight excluding hydrogens is 216 g/mol. The van der Waals surface area contributed by atoms with Crippen molar-refractivity contribution in [2.45, 2.75) is 39.3 Å². The Kier molecular flexibility index (Phi) is 3.47. The van der Waals surface area contributed by atoms with Gasteiger partial charge in [0.05, 0.1) is 11.7 Å². The fraction of sp³-hybridized carbons (Fsp3) is 0.667. The highest BCUT2D eigenvalue weighted by molar-refractivity contribution is 5.83. The maximum Gasteiger partial charge on any atom is 0.239 e. The fourth-order valence-corrected chi connectivity index (χ4v) is 2.30. The fourth-order valence-electron chi connectivity index (χ4n) is 2.30. The van der Waals surface area contributed by atoms with Gasteiger partial charge in [0.1, 0.15) is 0 Å². The number of rotatable bonds is 4. The summed E-state index contributed by atoms with van der Waals surface area (Å²) in [5.74, 6) is 0.0957. The average molecular weight is 236 g/mol. The summed E-state index contributed by atoms with van der Waals surface area (Å²) >= 11 is 0. The second kappa shape index (κ2) is 4.87. The summed E-state index contributed by atoms with van der Waals surface area (Å²) in [6.07, 6.45) is 1.72. The van der Waals surface area contributed by atoms with E-state index >= 15 is 0 Å². The van der Waals surface area contributed by atoms with E-state index in [4.69, 9.17) is 5.73 Å². The third kappa shape index (κ3) is 2.66. The van der Waals surface area contributed by atoms with Crippen LogP contribution in [-0.4, -0.2) is 39.7 Å². The van der Waals surface area contributed by atoms with Gasteiger partial charge in [0, 0.05) is 25.3 Å². The van der Waals surface area contributed by atoms with Gasteiger partial charge in [0.15, 0.2) is 0 Å². The van der Waals surface area contributed by atoms with Crippen LogP contribution in [0.1, 0.15) is 24.2 Å². The maximum atomic E-state index is 11.6. The molecule has 94 valence electrons. The lowest BCUT2D eigenvalue weighted by Gasteiger charge is -2.15. The number of hydrogen-bond donors (Lipinski definition) is 1. The van der Waals surface area contributed by atoms with Gasteiger partial charge in [-0.25, -0.2) is 0 Å². The molecule has 2 N–H and O–H groups in total. The summed E-state index contributed by atoms with van der Waals surface area (Å²) in [6, 6.07) is 1.79. The summed E-state index contributed by atoms with van der Waals surface area (Å²) < 4.78 is 2.00. The zero-order valence-electron chi connectivity index (χ0n) is 10.5. The van der Waals surface area contributed by atoms with E-state index in [2.05, 4.69) is 18.1 Å². The Bertz CT molecular complexity index is 413. The Labute approximate surface area is 102 Å². The second-order valence-electron chi connectivity index (χ2n) is 4.72. The van der Waals surface area contributed by atoms with E-state index in [1.54, 1.807) is 0 Å². The van der Waals surface area contributed by atoms with Crippen LogP contribution in [0, 0.1) is 13.8 Å². The molecule has 5 nitrogen and oxygen atoms in total. The average Bonchev–Trinajstić information content (AvgIpc) is 2.75. The van der Waals surface area contributed by atoms with E-state index in [9.17, 15) is 4.79 Å². The Morgan fingerprint density at radius 3 is 2.76 bits per heavy atom. The summed E-state index contributed by atoms with van der Waals surface area (Å²) in [6.45, 7) is 6.49. The topological polar surface area (TPSA) is 64.2 Å². The standard InChI is InChI=1S/C12H20N4O/c1-9-8-10(2)16(14-9)6-3-5-15-7-4-11(13)12(15)17/h8,11H,3-7,13H2,1-2H3. The highest BCUT2D eigenvalue weighted by atomic mass is 16.2. The van der Waals surface area contributed by atoms with Crippen LogP contribution < -0.4 is 5.73 Å². The van der Waals surface area contributed by atoms with Crippen molar-refractivity contribution < 1.29 is 4.79 Å². The highest BCUT2D eigenvalue weighted by Crippen LogP contribution is 2.10. The lowest BCUT2D eigenvalue weighted by molar-refractivity contribution is -0.128. The van der Waals surface area contributed by atoms with E-state index < -0.39 is 0 Å².